The molecular weight excluding hydrogens is 679 g/mol. The summed E-state index contributed by atoms with van der Waals surface area (Å²) in [5.41, 5.74) is 1.58. The lowest BCUT2D eigenvalue weighted by Gasteiger charge is -2.24. The van der Waals surface area contributed by atoms with E-state index >= 15 is 0 Å². The summed E-state index contributed by atoms with van der Waals surface area (Å²) in [6, 6.07) is 16.3. The van der Waals surface area contributed by atoms with Crippen LogP contribution in [0, 0.1) is 0 Å². The minimum absolute atomic E-state index is 0.0677. The van der Waals surface area contributed by atoms with E-state index in [1.54, 1.807) is 11.0 Å². The van der Waals surface area contributed by atoms with Crippen LogP contribution in [0.15, 0.2) is 88.1 Å². The van der Waals surface area contributed by atoms with E-state index in [9.17, 15) is 21.6 Å². The highest BCUT2D eigenvalue weighted by Crippen LogP contribution is 2.36. The first-order valence-electron chi connectivity index (χ1n) is 13.9. The van der Waals surface area contributed by atoms with Gasteiger partial charge in [-0.05, 0) is 97.6 Å². The number of carbonyl (C=O) groups is 1. The number of sulfonamides is 2. The number of ether oxygens (including phenoxy) is 1. The van der Waals surface area contributed by atoms with E-state index in [1.807, 2.05) is 12.1 Å². The minimum Gasteiger partial charge on any atom is -0.497 e. The van der Waals surface area contributed by atoms with Gasteiger partial charge in [-0.25, -0.2) is 4.98 Å². The zero-order valence-corrected chi connectivity index (χ0v) is 27.9. The molecule has 2 saturated heterocycles. The minimum atomic E-state index is -4.63. The molecule has 0 N–H and O–H groups in total. The Morgan fingerprint density at radius 1 is 0.889 bits per heavy atom. The second-order valence-electron chi connectivity index (χ2n) is 10.7. The van der Waals surface area contributed by atoms with E-state index < -0.39 is 20.0 Å². The number of rotatable bonds is 9. The summed E-state index contributed by atoms with van der Waals surface area (Å²) in [4.78, 5) is 20.9. The Hall–Kier alpha value is -3.20. The van der Waals surface area contributed by atoms with Gasteiger partial charge >= 0.3 is 0 Å². The predicted octanol–water partition coefficient (Wildman–Crippen LogP) is 5.64. The molecule has 1 amide bonds. The van der Waals surface area contributed by atoms with E-state index in [-0.39, 0.29) is 32.8 Å². The summed E-state index contributed by atoms with van der Waals surface area (Å²) in [5.74, 6) is 0.562. The molecule has 2 atom stereocenters. The third-order valence-corrected chi connectivity index (χ3v) is 13.6. The Labute approximate surface area is 275 Å². The zero-order chi connectivity index (χ0) is 31.9. The van der Waals surface area contributed by atoms with Gasteiger partial charge < -0.3 is 9.64 Å². The average molecular weight is 708 g/mol. The van der Waals surface area contributed by atoms with Gasteiger partial charge in [0.1, 0.15) is 5.75 Å². The van der Waals surface area contributed by atoms with Gasteiger partial charge in [0.05, 0.1) is 22.9 Å². The fourth-order valence-corrected chi connectivity index (χ4v) is 11.0. The molecule has 2 aliphatic rings. The Kier molecular flexibility index (Phi) is 8.85. The van der Waals surface area contributed by atoms with Crippen molar-refractivity contribution in [3.05, 3.63) is 93.9 Å². The number of hydrogen-bond donors (Lipinski definition) is 0. The molecule has 1 aromatic heterocycles. The second-order valence-corrected chi connectivity index (χ2v) is 16.2. The number of hydrogen-bond acceptors (Lipinski definition) is 9. The smallest absolute Gasteiger partial charge is 0.279 e. The lowest BCUT2D eigenvalue weighted by Crippen LogP contribution is -2.40. The molecule has 4 aromatic rings. The number of methoxy groups -OCH3 is 1. The summed E-state index contributed by atoms with van der Waals surface area (Å²) in [7, 11) is -7.77. The molecule has 15 heteroatoms. The molecule has 236 valence electrons. The number of benzene rings is 3. The number of amides is 1. The van der Waals surface area contributed by atoms with Gasteiger partial charge in [0, 0.05) is 40.4 Å². The molecule has 3 heterocycles. The predicted molar refractivity (Wildman–Crippen MR) is 175 cm³/mol. The molecule has 2 aliphatic heterocycles. The number of likely N-dealkylation sites (tertiary alicyclic amines) is 1. The van der Waals surface area contributed by atoms with Crippen molar-refractivity contribution in [1.29, 1.82) is 0 Å². The molecule has 6 rings (SSSR count). The Morgan fingerprint density at radius 2 is 1.51 bits per heavy atom. The standard InChI is InChI=1S/C30H28Cl2N4O6S3/c1-42-25-4-8-27(9-5-25)45(40,41)36(30-33-12-15-43-30)44(38,39)26-6-2-24(3-7-26)35-14-11-28(29(35)37)34-13-10-20(19-34)21-16-22(31)18-23(32)17-21/h2-9,12,15-18,20,28H,10-11,13-14,19H2,1H3/t20-,28?/m0/s1. The van der Waals surface area contributed by atoms with Gasteiger partial charge in [0.2, 0.25) is 11.0 Å². The molecule has 10 nitrogen and oxygen atoms in total. The molecule has 3 aromatic carbocycles. The topological polar surface area (TPSA) is 117 Å². The highest BCUT2D eigenvalue weighted by atomic mass is 35.5. The van der Waals surface area contributed by atoms with Crippen molar-refractivity contribution in [2.45, 2.75) is 34.6 Å². The summed E-state index contributed by atoms with van der Waals surface area (Å²) in [6.07, 6.45) is 2.83. The monoisotopic (exact) mass is 706 g/mol. The number of thiazole rings is 1. The third-order valence-electron chi connectivity index (χ3n) is 8.01. The highest BCUT2D eigenvalue weighted by molar-refractivity contribution is 8.10. The quantitative estimate of drug-likeness (QED) is 0.220. The van der Waals surface area contributed by atoms with Crippen LogP contribution in [0.5, 0.6) is 5.75 Å². The van der Waals surface area contributed by atoms with Crippen molar-refractivity contribution in [2.24, 2.45) is 0 Å². The number of halogens is 2. The van der Waals surface area contributed by atoms with Crippen LogP contribution in [0.2, 0.25) is 10.0 Å². The molecule has 2 fully saturated rings. The molecule has 0 saturated carbocycles. The third kappa shape index (κ3) is 6.17. The normalized spacial score (nSPS) is 19.3. The van der Waals surface area contributed by atoms with Gasteiger partial charge in [-0.1, -0.05) is 23.2 Å². The van der Waals surface area contributed by atoms with Crippen molar-refractivity contribution in [2.75, 3.05) is 35.4 Å². The van der Waals surface area contributed by atoms with Crippen LogP contribution in [0.1, 0.15) is 24.3 Å². The lowest BCUT2D eigenvalue weighted by atomic mass is 9.98. The fourth-order valence-electron chi connectivity index (χ4n) is 5.79. The number of carbonyl (C=O) groups excluding carboxylic acids is 1. The Balaban J connectivity index is 1.21. The van der Waals surface area contributed by atoms with Crippen molar-refractivity contribution in [3.8, 4) is 5.75 Å². The first-order valence-corrected chi connectivity index (χ1v) is 18.5. The SMILES string of the molecule is COc1ccc(S(=O)(=O)N(c2nccs2)S(=O)(=O)c2ccc(N3CCC(N4CC[C@H](c5cc(Cl)cc(Cl)c5)C4)C3=O)cc2)cc1. The van der Waals surface area contributed by atoms with E-state index in [0.717, 1.165) is 29.9 Å². The molecule has 0 bridgehead atoms. The molecule has 0 radical (unpaired) electrons. The van der Waals surface area contributed by atoms with Crippen molar-refractivity contribution in [1.82, 2.24) is 9.88 Å². The van der Waals surface area contributed by atoms with E-state index in [4.69, 9.17) is 27.9 Å². The van der Waals surface area contributed by atoms with Gasteiger partial charge in [-0.15, -0.1) is 15.0 Å². The zero-order valence-electron chi connectivity index (χ0n) is 23.9. The molecule has 45 heavy (non-hydrogen) atoms. The number of nitrogens with zero attached hydrogens (tertiary/aromatic N) is 4. The van der Waals surface area contributed by atoms with Crippen LogP contribution in [-0.2, 0) is 24.8 Å². The van der Waals surface area contributed by atoms with Crippen LogP contribution in [0.3, 0.4) is 0 Å². The van der Waals surface area contributed by atoms with Gasteiger partial charge in [0.15, 0.2) is 0 Å². The fraction of sp³-hybridized carbons (Fsp3) is 0.267. The van der Waals surface area contributed by atoms with Gasteiger partial charge in [0.25, 0.3) is 20.0 Å². The van der Waals surface area contributed by atoms with E-state index in [0.29, 0.717) is 44.7 Å². The van der Waals surface area contributed by atoms with E-state index in [2.05, 4.69) is 9.88 Å². The van der Waals surface area contributed by atoms with Crippen LogP contribution in [-0.4, -0.2) is 65.4 Å². The maximum Gasteiger partial charge on any atom is 0.279 e. The summed E-state index contributed by atoms with van der Waals surface area (Å²) < 4.78 is 60.5. The molecular formula is C30H28Cl2N4O6S3. The van der Waals surface area contributed by atoms with Crippen molar-refractivity contribution >= 4 is 71.3 Å². The Bertz CT molecular complexity index is 1900. The van der Waals surface area contributed by atoms with Crippen LogP contribution in [0.4, 0.5) is 10.8 Å². The molecule has 1 unspecified atom stereocenters. The average Bonchev–Trinajstić information content (AvgIpc) is 3.78. The van der Waals surface area contributed by atoms with Crippen molar-refractivity contribution < 1.29 is 26.4 Å². The molecule has 0 aliphatic carbocycles. The van der Waals surface area contributed by atoms with Crippen LogP contribution in [0.25, 0.3) is 0 Å². The lowest BCUT2D eigenvalue weighted by molar-refractivity contribution is -0.121. The number of anilines is 2. The summed E-state index contributed by atoms with van der Waals surface area (Å²) in [5, 5.41) is 2.43. The first-order chi connectivity index (χ1) is 21.5. The van der Waals surface area contributed by atoms with Gasteiger partial charge in [-0.3, -0.25) is 9.69 Å². The second kappa shape index (κ2) is 12.5. The Morgan fingerprint density at radius 3 is 2.09 bits per heavy atom. The largest absolute Gasteiger partial charge is 0.497 e. The van der Waals surface area contributed by atoms with Crippen LogP contribution >= 0.6 is 34.5 Å². The summed E-state index contributed by atoms with van der Waals surface area (Å²) in [6.45, 7) is 1.93. The molecule has 0 spiro atoms. The number of aromatic nitrogens is 1. The maximum absolute atomic E-state index is 13.9. The van der Waals surface area contributed by atoms with Crippen molar-refractivity contribution in [3.63, 3.8) is 0 Å². The van der Waals surface area contributed by atoms with Gasteiger partial charge in [-0.2, -0.15) is 16.8 Å². The highest BCUT2D eigenvalue weighted by Gasteiger charge is 2.41. The first kappa shape index (κ1) is 31.8. The maximum atomic E-state index is 13.9. The van der Waals surface area contributed by atoms with E-state index in [1.165, 1.54) is 67.2 Å². The summed E-state index contributed by atoms with van der Waals surface area (Å²) >= 11 is 13.3. The van der Waals surface area contributed by atoms with Crippen LogP contribution < -0.4 is 13.3 Å².